The second-order valence-electron chi connectivity index (χ2n) is 6.67. The number of rotatable bonds is 6. The summed E-state index contributed by atoms with van der Waals surface area (Å²) in [4.78, 5) is 20.5. The van der Waals surface area contributed by atoms with Crippen molar-refractivity contribution in [1.29, 1.82) is 0 Å². The van der Waals surface area contributed by atoms with Crippen LogP contribution in [0.1, 0.15) is 10.5 Å². The minimum atomic E-state index is -0.280. The SMILES string of the molecule is CNC(=O)c1cc(Oc2ccc3c(c2)nc(Nc2cc(Cl)ccc2OC)n3C)ccn1. The molecule has 2 N–H and O–H groups in total. The average Bonchev–Trinajstić information content (AvgIpc) is 3.08. The van der Waals surface area contributed by atoms with Gasteiger partial charge in [-0.15, -0.1) is 0 Å². The van der Waals surface area contributed by atoms with E-state index >= 15 is 0 Å². The number of imidazole rings is 1. The molecule has 0 spiro atoms. The molecule has 9 heteroatoms. The molecule has 2 aromatic heterocycles. The molecule has 0 atom stereocenters. The first-order valence-electron chi connectivity index (χ1n) is 9.41. The van der Waals surface area contributed by atoms with Crippen LogP contribution in [0.25, 0.3) is 11.0 Å². The van der Waals surface area contributed by atoms with Crippen LogP contribution < -0.4 is 20.1 Å². The van der Waals surface area contributed by atoms with Crippen molar-refractivity contribution in [2.24, 2.45) is 7.05 Å². The van der Waals surface area contributed by atoms with Gasteiger partial charge in [0, 0.05) is 37.4 Å². The Morgan fingerprint density at radius 1 is 1.10 bits per heavy atom. The predicted octanol–water partition coefficient (Wildman–Crippen LogP) is 4.53. The highest BCUT2D eigenvalue weighted by molar-refractivity contribution is 6.31. The van der Waals surface area contributed by atoms with E-state index in [2.05, 4.69) is 20.6 Å². The summed E-state index contributed by atoms with van der Waals surface area (Å²) in [6.07, 6.45) is 1.53. The van der Waals surface area contributed by atoms with E-state index in [0.717, 1.165) is 11.0 Å². The van der Waals surface area contributed by atoms with Gasteiger partial charge < -0.3 is 24.7 Å². The van der Waals surface area contributed by atoms with E-state index in [1.165, 1.54) is 6.20 Å². The molecule has 2 heterocycles. The van der Waals surface area contributed by atoms with Crippen LogP contribution in [0.5, 0.6) is 17.2 Å². The fraction of sp³-hybridized carbons (Fsp3) is 0.136. The normalized spacial score (nSPS) is 10.7. The van der Waals surface area contributed by atoms with Gasteiger partial charge in [0.1, 0.15) is 22.9 Å². The highest BCUT2D eigenvalue weighted by Gasteiger charge is 2.13. The number of nitrogens with zero attached hydrogens (tertiary/aromatic N) is 3. The van der Waals surface area contributed by atoms with E-state index in [0.29, 0.717) is 33.9 Å². The molecule has 0 aliphatic rings. The van der Waals surface area contributed by atoms with Crippen molar-refractivity contribution >= 4 is 40.2 Å². The molecule has 4 rings (SSSR count). The first-order chi connectivity index (χ1) is 15.0. The largest absolute Gasteiger partial charge is 0.495 e. The van der Waals surface area contributed by atoms with E-state index in [4.69, 9.17) is 21.1 Å². The third-order valence-corrected chi connectivity index (χ3v) is 4.92. The van der Waals surface area contributed by atoms with Gasteiger partial charge in [-0.3, -0.25) is 9.78 Å². The number of amides is 1. The lowest BCUT2D eigenvalue weighted by atomic mass is 10.3. The second kappa shape index (κ2) is 8.53. The number of hydrogen-bond acceptors (Lipinski definition) is 6. The topological polar surface area (TPSA) is 90.3 Å². The van der Waals surface area contributed by atoms with Crippen LogP contribution in [-0.4, -0.2) is 34.6 Å². The number of nitrogens with one attached hydrogen (secondary N) is 2. The van der Waals surface area contributed by atoms with Gasteiger partial charge in [0.05, 0.1) is 23.8 Å². The summed E-state index contributed by atoms with van der Waals surface area (Å²) in [7, 11) is 5.06. The molecule has 31 heavy (non-hydrogen) atoms. The van der Waals surface area contributed by atoms with Gasteiger partial charge in [0.2, 0.25) is 5.95 Å². The maximum Gasteiger partial charge on any atom is 0.269 e. The Balaban J connectivity index is 1.62. The monoisotopic (exact) mass is 437 g/mol. The molecule has 0 fully saturated rings. The molecule has 0 saturated carbocycles. The molecule has 0 aliphatic heterocycles. The standard InChI is InChI=1S/C22H20ClN5O3/c1-24-21(29)18-12-15(8-9-25-18)31-14-5-6-19-16(11-14)26-22(28(19)2)27-17-10-13(23)4-7-20(17)30-3/h4-12H,1-3H3,(H,24,29)(H,26,27). The summed E-state index contributed by atoms with van der Waals surface area (Å²) in [5.74, 6) is 2.10. The first kappa shape index (κ1) is 20.5. The zero-order valence-corrected chi connectivity index (χ0v) is 17.9. The maximum atomic E-state index is 11.8. The van der Waals surface area contributed by atoms with Gasteiger partial charge >= 0.3 is 0 Å². The number of carbonyl (C=O) groups is 1. The number of anilines is 2. The Labute approximate surface area is 183 Å². The minimum Gasteiger partial charge on any atom is -0.495 e. The number of hydrogen-bond donors (Lipinski definition) is 2. The minimum absolute atomic E-state index is 0.279. The average molecular weight is 438 g/mol. The molecule has 0 aliphatic carbocycles. The zero-order valence-electron chi connectivity index (χ0n) is 17.1. The van der Waals surface area contributed by atoms with Gasteiger partial charge in [0.25, 0.3) is 5.91 Å². The third-order valence-electron chi connectivity index (χ3n) is 4.69. The number of aryl methyl sites for hydroxylation is 1. The predicted molar refractivity (Wildman–Crippen MR) is 120 cm³/mol. The van der Waals surface area contributed by atoms with Crippen molar-refractivity contribution in [2.45, 2.75) is 0 Å². The fourth-order valence-electron chi connectivity index (χ4n) is 3.12. The number of halogens is 1. The Morgan fingerprint density at radius 3 is 2.68 bits per heavy atom. The quantitative estimate of drug-likeness (QED) is 0.460. The van der Waals surface area contributed by atoms with Crippen LogP contribution in [0.4, 0.5) is 11.6 Å². The van der Waals surface area contributed by atoms with Crippen molar-refractivity contribution in [3.8, 4) is 17.2 Å². The summed E-state index contributed by atoms with van der Waals surface area (Å²) >= 11 is 6.13. The van der Waals surface area contributed by atoms with Crippen molar-refractivity contribution in [3.63, 3.8) is 0 Å². The van der Waals surface area contributed by atoms with Gasteiger partial charge in [-0.2, -0.15) is 0 Å². The highest BCUT2D eigenvalue weighted by Crippen LogP contribution is 2.32. The molecular formula is C22H20ClN5O3. The van der Waals surface area contributed by atoms with Crippen LogP contribution in [0.2, 0.25) is 5.02 Å². The highest BCUT2D eigenvalue weighted by atomic mass is 35.5. The zero-order chi connectivity index (χ0) is 22.0. The fourth-order valence-corrected chi connectivity index (χ4v) is 3.29. The Bertz CT molecular complexity index is 1270. The molecule has 0 radical (unpaired) electrons. The molecule has 1 amide bonds. The Morgan fingerprint density at radius 2 is 1.90 bits per heavy atom. The van der Waals surface area contributed by atoms with Crippen LogP contribution in [-0.2, 0) is 7.05 Å². The second-order valence-corrected chi connectivity index (χ2v) is 7.11. The molecule has 4 aromatic rings. The van der Waals surface area contributed by atoms with Crippen molar-refractivity contribution < 1.29 is 14.3 Å². The summed E-state index contributed by atoms with van der Waals surface area (Å²) in [6, 6.07) is 14.2. The molecule has 2 aromatic carbocycles. The smallest absolute Gasteiger partial charge is 0.269 e. The Hall–Kier alpha value is -3.78. The molecule has 0 saturated heterocycles. The third kappa shape index (κ3) is 4.24. The number of pyridine rings is 1. The van der Waals surface area contributed by atoms with Gasteiger partial charge in [0.15, 0.2) is 0 Å². The van der Waals surface area contributed by atoms with Gasteiger partial charge in [-0.05, 0) is 36.4 Å². The summed E-state index contributed by atoms with van der Waals surface area (Å²) < 4.78 is 13.2. The lowest BCUT2D eigenvalue weighted by Gasteiger charge is -2.11. The van der Waals surface area contributed by atoms with Crippen LogP contribution in [0, 0.1) is 0 Å². The van der Waals surface area contributed by atoms with Crippen molar-refractivity contribution in [2.75, 3.05) is 19.5 Å². The number of ether oxygens (including phenoxy) is 2. The van der Waals surface area contributed by atoms with Crippen LogP contribution in [0.3, 0.4) is 0 Å². The number of methoxy groups -OCH3 is 1. The van der Waals surface area contributed by atoms with Gasteiger partial charge in [-0.1, -0.05) is 11.6 Å². The van der Waals surface area contributed by atoms with Crippen LogP contribution in [0.15, 0.2) is 54.7 Å². The first-order valence-corrected chi connectivity index (χ1v) is 9.79. The van der Waals surface area contributed by atoms with Crippen LogP contribution >= 0.6 is 11.6 Å². The van der Waals surface area contributed by atoms with E-state index in [1.54, 1.807) is 44.5 Å². The summed E-state index contributed by atoms with van der Waals surface area (Å²) in [6.45, 7) is 0. The molecule has 158 valence electrons. The number of benzene rings is 2. The number of fused-ring (bicyclic) bond motifs is 1. The number of carbonyl (C=O) groups excluding carboxylic acids is 1. The summed E-state index contributed by atoms with van der Waals surface area (Å²) in [5.41, 5.74) is 2.64. The Kier molecular flexibility index (Phi) is 5.64. The molecule has 8 nitrogen and oxygen atoms in total. The maximum absolute atomic E-state index is 11.8. The molecule has 0 unspecified atom stereocenters. The van der Waals surface area contributed by atoms with E-state index < -0.39 is 0 Å². The molecule has 0 bridgehead atoms. The summed E-state index contributed by atoms with van der Waals surface area (Å²) in [5, 5.41) is 6.40. The number of aromatic nitrogens is 3. The van der Waals surface area contributed by atoms with E-state index in [-0.39, 0.29) is 11.6 Å². The lowest BCUT2D eigenvalue weighted by molar-refractivity contribution is 0.0958. The van der Waals surface area contributed by atoms with E-state index in [1.807, 2.05) is 29.8 Å². The molecular weight excluding hydrogens is 418 g/mol. The lowest BCUT2D eigenvalue weighted by Crippen LogP contribution is -2.18. The van der Waals surface area contributed by atoms with E-state index in [9.17, 15) is 4.79 Å². The van der Waals surface area contributed by atoms with Gasteiger partial charge in [-0.25, -0.2) is 4.98 Å². The van der Waals surface area contributed by atoms with Crippen molar-refractivity contribution in [3.05, 3.63) is 65.4 Å². The van der Waals surface area contributed by atoms with Crippen molar-refractivity contribution in [1.82, 2.24) is 19.9 Å².